The molecule has 0 radical (unpaired) electrons. The van der Waals surface area contributed by atoms with Gasteiger partial charge in [0.2, 0.25) is 17.6 Å². The van der Waals surface area contributed by atoms with Gasteiger partial charge in [-0.2, -0.15) is 4.98 Å². The van der Waals surface area contributed by atoms with Crippen molar-refractivity contribution >= 4 is 17.5 Å². The molecule has 0 aliphatic carbocycles. The summed E-state index contributed by atoms with van der Waals surface area (Å²) in [6.45, 7) is 0.484. The molecule has 1 atom stereocenters. The van der Waals surface area contributed by atoms with Gasteiger partial charge in [-0.05, 0) is 30.2 Å². The van der Waals surface area contributed by atoms with Gasteiger partial charge in [0.15, 0.2) is 0 Å². The smallest absolute Gasteiger partial charge is 0.249 e. The molecular formula is C19H15ClFN3O2. The average molecular weight is 372 g/mol. The van der Waals surface area contributed by atoms with Gasteiger partial charge >= 0.3 is 0 Å². The van der Waals surface area contributed by atoms with Gasteiger partial charge in [-0.25, -0.2) is 4.39 Å². The van der Waals surface area contributed by atoms with Crippen LogP contribution in [-0.2, 0) is 11.3 Å². The molecular weight excluding hydrogens is 357 g/mol. The summed E-state index contributed by atoms with van der Waals surface area (Å²) in [6, 6.07) is 13.8. The molecule has 26 heavy (non-hydrogen) atoms. The fourth-order valence-electron chi connectivity index (χ4n) is 3.09. The standard InChI is InChI=1S/C19H15ClFN3O2/c20-14-7-6-13(10-15(14)21)18-22-19(26-23-18)16-8-9-17(25)24(16)11-12-4-2-1-3-5-12/h1-7,10,16H,8-9,11H2. The highest BCUT2D eigenvalue weighted by Gasteiger charge is 2.36. The van der Waals surface area contributed by atoms with Crippen molar-refractivity contribution < 1.29 is 13.7 Å². The van der Waals surface area contributed by atoms with E-state index in [1.807, 2.05) is 30.3 Å². The summed E-state index contributed by atoms with van der Waals surface area (Å²) in [5.41, 5.74) is 1.51. The molecule has 2 aromatic carbocycles. The fraction of sp³-hybridized carbons (Fsp3) is 0.211. The largest absolute Gasteiger partial charge is 0.337 e. The lowest BCUT2D eigenvalue weighted by molar-refractivity contribution is -0.129. The Bertz CT molecular complexity index is 945. The summed E-state index contributed by atoms with van der Waals surface area (Å²) in [7, 11) is 0. The van der Waals surface area contributed by atoms with E-state index in [0.29, 0.717) is 30.8 Å². The lowest BCUT2D eigenvalue weighted by Gasteiger charge is -2.22. The first-order valence-corrected chi connectivity index (χ1v) is 8.62. The molecule has 2 heterocycles. The number of hydrogen-bond acceptors (Lipinski definition) is 4. The highest BCUT2D eigenvalue weighted by molar-refractivity contribution is 6.30. The second-order valence-electron chi connectivity index (χ2n) is 6.15. The van der Waals surface area contributed by atoms with Crippen molar-refractivity contribution in [3.63, 3.8) is 0 Å². The number of carbonyl (C=O) groups excluding carboxylic acids is 1. The third-order valence-electron chi connectivity index (χ3n) is 4.43. The Morgan fingerprint density at radius 1 is 1.23 bits per heavy atom. The van der Waals surface area contributed by atoms with Crippen LogP contribution in [0.15, 0.2) is 53.1 Å². The SMILES string of the molecule is O=C1CCC(c2nc(-c3ccc(Cl)c(F)c3)no2)N1Cc1ccccc1. The Morgan fingerprint density at radius 3 is 2.81 bits per heavy atom. The summed E-state index contributed by atoms with van der Waals surface area (Å²) in [5, 5.41) is 3.97. The van der Waals surface area contributed by atoms with Crippen molar-refractivity contribution in [1.82, 2.24) is 15.0 Å². The van der Waals surface area contributed by atoms with Crippen molar-refractivity contribution in [2.45, 2.75) is 25.4 Å². The second kappa shape index (κ2) is 6.88. The van der Waals surface area contributed by atoms with Crippen molar-refractivity contribution in [2.24, 2.45) is 0 Å². The van der Waals surface area contributed by atoms with Crippen LogP contribution in [0.25, 0.3) is 11.4 Å². The highest BCUT2D eigenvalue weighted by Crippen LogP contribution is 2.34. The van der Waals surface area contributed by atoms with E-state index >= 15 is 0 Å². The van der Waals surface area contributed by atoms with Crippen molar-refractivity contribution in [2.75, 3.05) is 0 Å². The molecule has 1 fully saturated rings. The van der Waals surface area contributed by atoms with E-state index < -0.39 is 5.82 Å². The van der Waals surface area contributed by atoms with Gasteiger partial charge in [-0.1, -0.05) is 47.1 Å². The molecule has 1 saturated heterocycles. The monoisotopic (exact) mass is 371 g/mol. The van der Waals surface area contributed by atoms with Crippen LogP contribution in [0, 0.1) is 5.82 Å². The molecule has 1 amide bonds. The van der Waals surface area contributed by atoms with E-state index in [9.17, 15) is 9.18 Å². The van der Waals surface area contributed by atoms with Crippen LogP contribution in [-0.4, -0.2) is 20.9 Å². The van der Waals surface area contributed by atoms with Crippen LogP contribution in [0.1, 0.15) is 30.3 Å². The second-order valence-corrected chi connectivity index (χ2v) is 6.55. The molecule has 5 nitrogen and oxygen atoms in total. The molecule has 0 spiro atoms. The zero-order chi connectivity index (χ0) is 18.1. The molecule has 3 aromatic rings. The number of aromatic nitrogens is 2. The van der Waals surface area contributed by atoms with Crippen LogP contribution >= 0.6 is 11.6 Å². The zero-order valence-corrected chi connectivity index (χ0v) is 14.5. The van der Waals surface area contributed by atoms with Gasteiger partial charge in [0, 0.05) is 18.5 Å². The number of carbonyl (C=O) groups is 1. The van der Waals surface area contributed by atoms with E-state index in [1.54, 1.807) is 11.0 Å². The predicted octanol–water partition coefficient (Wildman–Crippen LogP) is 4.39. The third-order valence-corrected chi connectivity index (χ3v) is 4.74. The minimum atomic E-state index is -0.544. The Morgan fingerprint density at radius 2 is 2.04 bits per heavy atom. The molecule has 7 heteroatoms. The van der Waals surface area contributed by atoms with Gasteiger partial charge < -0.3 is 9.42 Å². The maximum atomic E-state index is 13.7. The van der Waals surface area contributed by atoms with Crippen molar-refractivity contribution in [3.05, 3.63) is 70.8 Å². The maximum Gasteiger partial charge on any atom is 0.249 e. The number of likely N-dealkylation sites (tertiary alicyclic amines) is 1. The van der Waals surface area contributed by atoms with Gasteiger partial charge in [0.05, 0.1) is 5.02 Å². The summed E-state index contributed by atoms with van der Waals surface area (Å²) in [6.07, 6.45) is 1.05. The molecule has 132 valence electrons. The molecule has 1 aromatic heterocycles. The Labute approximate surface area is 154 Å². The number of benzene rings is 2. The molecule has 1 unspecified atom stereocenters. The molecule has 0 bridgehead atoms. The number of halogens is 2. The summed E-state index contributed by atoms with van der Waals surface area (Å²) >= 11 is 5.71. The fourth-order valence-corrected chi connectivity index (χ4v) is 3.21. The maximum absolute atomic E-state index is 13.7. The molecule has 1 aliphatic heterocycles. The van der Waals surface area contributed by atoms with Gasteiger partial charge in [0.25, 0.3) is 0 Å². The van der Waals surface area contributed by atoms with Crippen LogP contribution in [0.4, 0.5) is 4.39 Å². The van der Waals surface area contributed by atoms with Crippen LogP contribution in [0.5, 0.6) is 0 Å². The first-order chi connectivity index (χ1) is 12.6. The third kappa shape index (κ3) is 3.20. The van der Waals surface area contributed by atoms with E-state index in [0.717, 1.165) is 5.56 Å². The average Bonchev–Trinajstić information content (AvgIpc) is 3.26. The van der Waals surface area contributed by atoms with Crippen molar-refractivity contribution in [1.29, 1.82) is 0 Å². The highest BCUT2D eigenvalue weighted by atomic mass is 35.5. The van der Waals surface area contributed by atoms with E-state index in [2.05, 4.69) is 10.1 Å². The summed E-state index contributed by atoms with van der Waals surface area (Å²) in [4.78, 5) is 18.4. The van der Waals surface area contributed by atoms with Crippen LogP contribution in [0.2, 0.25) is 5.02 Å². The van der Waals surface area contributed by atoms with Gasteiger partial charge in [-0.15, -0.1) is 0 Å². The minimum Gasteiger partial charge on any atom is -0.337 e. The Kier molecular flexibility index (Phi) is 4.42. The van der Waals surface area contributed by atoms with Gasteiger partial charge in [0.1, 0.15) is 11.9 Å². The number of nitrogens with zero attached hydrogens (tertiary/aromatic N) is 3. The predicted molar refractivity (Wildman–Crippen MR) is 93.7 cm³/mol. The first-order valence-electron chi connectivity index (χ1n) is 8.24. The number of amides is 1. The van der Waals surface area contributed by atoms with Gasteiger partial charge in [-0.3, -0.25) is 4.79 Å². The first kappa shape index (κ1) is 16.7. The molecule has 1 aliphatic rings. The summed E-state index contributed by atoms with van der Waals surface area (Å²) < 4.78 is 19.0. The minimum absolute atomic E-state index is 0.0351. The lowest BCUT2D eigenvalue weighted by atomic mass is 10.1. The van der Waals surface area contributed by atoms with E-state index in [1.165, 1.54) is 12.1 Å². The topological polar surface area (TPSA) is 59.2 Å². The molecule has 0 saturated carbocycles. The van der Waals surface area contributed by atoms with Crippen LogP contribution < -0.4 is 0 Å². The summed E-state index contributed by atoms with van der Waals surface area (Å²) in [5.74, 6) is 0.139. The Hall–Kier alpha value is -2.73. The lowest BCUT2D eigenvalue weighted by Crippen LogP contribution is -2.27. The molecule has 4 rings (SSSR count). The van der Waals surface area contributed by atoms with E-state index in [4.69, 9.17) is 16.1 Å². The Balaban J connectivity index is 1.59. The quantitative estimate of drug-likeness (QED) is 0.682. The zero-order valence-electron chi connectivity index (χ0n) is 13.7. The molecule has 0 N–H and O–H groups in total. The number of rotatable bonds is 4. The van der Waals surface area contributed by atoms with Crippen molar-refractivity contribution in [3.8, 4) is 11.4 Å². The van der Waals surface area contributed by atoms with Crippen LogP contribution in [0.3, 0.4) is 0 Å². The number of hydrogen-bond donors (Lipinski definition) is 0. The van der Waals surface area contributed by atoms with E-state index in [-0.39, 0.29) is 22.8 Å². The normalized spacial score (nSPS) is 17.1.